The van der Waals surface area contributed by atoms with Gasteiger partial charge in [-0.25, -0.2) is 0 Å². The van der Waals surface area contributed by atoms with Gasteiger partial charge in [-0.2, -0.15) is 10.0 Å². The van der Waals surface area contributed by atoms with Crippen LogP contribution in [0.5, 0.6) is 0 Å². The SMILES string of the molecule is CCS1(c2ccc(SC(=O)c3cccs3)cc2)c2ccccc2C(=O)c2ccccc21. The van der Waals surface area contributed by atoms with Crippen LogP contribution in [0.2, 0.25) is 0 Å². The third-order valence-electron chi connectivity index (χ3n) is 5.61. The highest BCUT2D eigenvalue weighted by Crippen LogP contribution is 2.71. The van der Waals surface area contributed by atoms with Crippen molar-refractivity contribution in [2.45, 2.75) is 26.5 Å². The molecule has 0 atom stereocenters. The minimum atomic E-state index is -1.57. The Morgan fingerprint density at radius 1 is 0.839 bits per heavy atom. The molecule has 0 fully saturated rings. The number of hydrogen-bond acceptors (Lipinski definition) is 4. The van der Waals surface area contributed by atoms with Gasteiger partial charge in [0.25, 0.3) is 0 Å². The molecule has 0 spiro atoms. The largest absolute Gasteiger partial charge is 0.289 e. The smallest absolute Gasteiger partial charge is 0.234 e. The van der Waals surface area contributed by atoms with Crippen molar-refractivity contribution in [3.05, 3.63) is 106 Å². The maximum absolute atomic E-state index is 13.2. The third-order valence-corrected chi connectivity index (χ3v) is 11.7. The highest BCUT2D eigenvalue weighted by Gasteiger charge is 2.39. The summed E-state index contributed by atoms with van der Waals surface area (Å²) in [4.78, 5) is 30.9. The van der Waals surface area contributed by atoms with Gasteiger partial charge in [0.15, 0.2) is 5.78 Å². The summed E-state index contributed by atoms with van der Waals surface area (Å²) in [5.41, 5.74) is 1.62. The van der Waals surface area contributed by atoms with Crippen molar-refractivity contribution in [2.75, 3.05) is 5.75 Å². The monoisotopic (exact) mass is 460 g/mol. The zero-order valence-electron chi connectivity index (χ0n) is 16.9. The summed E-state index contributed by atoms with van der Waals surface area (Å²) in [6, 6.07) is 28.2. The van der Waals surface area contributed by atoms with E-state index < -0.39 is 10.0 Å². The Balaban J connectivity index is 1.61. The van der Waals surface area contributed by atoms with Crippen molar-refractivity contribution in [1.29, 1.82) is 0 Å². The van der Waals surface area contributed by atoms with E-state index in [-0.39, 0.29) is 10.9 Å². The molecule has 0 N–H and O–H groups in total. The first kappa shape index (κ1) is 20.3. The van der Waals surface area contributed by atoms with Crippen molar-refractivity contribution >= 4 is 44.0 Å². The third kappa shape index (κ3) is 3.28. The van der Waals surface area contributed by atoms with E-state index in [0.717, 1.165) is 36.4 Å². The maximum atomic E-state index is 13.2. The number of fused-ring (bicyclic) bond motifs is 2. The van der Waals surface area contributed by atoms with Crippen molar-refractivity contribution < 1.29 is 9.59 Å². The highest BCUT2D eigenvalue weighted by molar-refractivity contribution is 8.34. The second-order valence-corrected chi connectivity index (χ2v) is 12.6. The number of thioether (sulfide) groups is 1. The molecule has 4 aromatic rings. The van der Waals surface area contributed by atoms with Crippen molar-refractivity contribution in [2.24, 2.45) is 0 Å². The van der Waals surface area contributed by atoms with Crippen LogP contribution in [0.3, 0.4) is 0 Å². The zero-order valence-corrected chi connectivity index (χ0v) is 19.4. The van der Waals surface area contributed by atoms with Crippen molar-refractivity contribution in [3.8, 4) is 0 Å². The van der Waals surface area contributed by atoms with Crippen LogP contribution < -0.4 is 0 Å². The number of ketones is 1. The molecule has 0 amide bonds. The summed E-state index contributed by atoms with van der Waals surface area (Å²) < 4.78 is 0. The quantitative estimate of drug-likeness (QED) is 0.295. The Labute approximate surface area is 191 Å². The molecular weight excluding hydrogens is 440 g/mol. The summed E-state index contributed by atoms with van der Waals surface area (Å²) in [6.07, 6.45) is 0. The Morgan fingerprint density at radius 3 is 2.00 bits per heavy atom. The number of thiophene rings is 1. The van der Waals surface area contributed by atoms with Gasteiger partial charge in [0, 0.05) is 25.8 Å². The Bertz CT molecular complexity index is 1220. The number of carbonyl (C=O) groups excluding carboxylic acids is 2. The normalized spacial score (nSPS) is 15.1. The molecule has 1 aliphatic rings. The summed E-state index contributed by atoms with van der Waals surface area (Å²) in [5, 5.41) is 1.99. The van der Waals surface area contributed by atoms with E-state index in [4.69, 9.17) is 0 Å². The van der Waals surface area contributed by atoms with Gasteiger partial charge in [-0.05, 0) is 82.4 Å². The Morgan fingerprint density at radius 2 is 1.45 bits per heavy atom. The molecule has 0 aliphatic carbocycles. The Kier molecular flexibility index (Phi) is 5.34. The first-order valence-corrected chi connectivity index (χ1v) is 13.5. The molecule has 31 heavy (non-hydrogen) atoms. The molecule has 3 aromatic carbocycles. The second kappa shape index (κ2) is 8.15. The molecule has 5 heteroatoms. The van der Waals surface area contributed by atoms with Gasteiger partial charge in [-0.1, -0.05) is 37.3 Å². The van der Waals surface area contributed by atoms with Crippen LogP contribution in [-0.4, -0.2) is 16.7 Å². The van der Waals surface area contributed by atoms with Gasteiger partial charge in [0.2, 0.25) is 5.12 Å². The summed E-state index contributed by atoms with van der Waals surface area (Å²) in [7, 11) is -1.57. The molecule has 154 valence electrons. The Hall–Kier alpha value is -2.60. The lowest BCUT2D eigenvalue weighted by Gasteiger charge is -2.45. The van der Waals surface area contributed by atoms with E-state index in [1.165, 1.54) is 28.0 Å². The first-order valence-electron chi connectivity index (χ1n) is 10.0. The fourth-order valence-electron chi connectivity index (χ4n) is 4.20. The average Bonchev–Trinajstić information content (AvgIpc) is 3.36. The van der Waals surface area contributed by atoms with E-state index in [1.807, 2.05) is 66.0 Å². The van der Waals surface area contributed by atoms with Gasteiger partial charge in [0.1, 0.15) is 0 Å². The van der Waals surface area contributed by atoms with Gasteiger partial charge in [-0.15, -0.1) is 11.3 Å². The molecule has 0 saturated heterocycles. The lowest BCUT2D eigenvalue weighted by molar-refractivity contribution is 0.103. The van der Waals surface area contributed by atoms with Gasteiger partial charge >= 0.3 is 0 Å². The number of carbonyl (C=O) groups is 2. The zero-order chi connectivity index (χ0) is 21.4. The topological polar surface area (TPSA) is 34.1 Å². The van der Waals surface area contributed by atoms with Crippen LogP contribution in [0.15, 0.2) is 110 Å². The average molecular weight is 461 g/mol. The minimum Gasteiger partial charge on any atom is -0.289 e. The summed E-state index contributed by atoms with van der Waals surface area (Å²) >= 11 is 2.73. The molecule has 2 nitrogen and oxygen atoms in total. The van der Waals surface area contributed by atoms with Crippen molar-refractivity contribution in [3.63, 3.8) is 0 Å². The van der Waals surface area contributed by atoms with Gasteiger partial charge in [0.05, 0.1) is 4.88 Å². The molecule has 5 rings (SSSR count). The fourth-order valence-corrected chi connectivity index (χ4v) is 9.68. The van der Waals surface area contributed by atoms with E-state index in [2.05, 4.69) is 31.2 Å². The number of benzene rings is 3. The maximum Gasteiger partial charge on any atom is 0.234 e. The lowest BCUT2D eigenvalue weighted by Crippen LogP contribution is -2.20. The predicted molar refractivity (Wildman–Crippen MR) is 130 cm³/mol. The molecule has 0 bridgehead atoms. The lowest BCUT2D eigenvalue weighted by atomic mass is 10.0. The molecule has 1 aromatic heterocycles. The number of hydrogen-bond donors (Lipinski definition) is 0. The van der Waals surface area contributed by atoms with E-state index in [9.17, 15) is 9.59 Å². The van der Waals surface area contributed by atoms with Gasteiger partial charge in [-0.3, -0.25) is 9.59 Å². The molecule has 2 heterocycles. The highest BCUT2D eigenvalue weighted by atomic mass is 32.3. The number of rotatable bonds is 4. The first-order chi connectivity index (χ1) is 15.1. The van der Waals surface area contributed by atoms with Crippen LogP contribution in [-0.2, 0) is 0 Å². The summed E-state index contributed by atoms with van der Waals surface area (Å²) in [6.45, 7) is 2.21. The molecule has 0 radical (unpaired) electrons. The van der Waals surface area contributed by atoms with E-state index in [1.54, 1.807) is 0 Å². The van der Waals surface area contributed by atoms with E-state index >= 15 is 0 Å². The summed E-state index contributed by atoms with van der Waals surface area (Å²) in [5.74, 6) is 1.02. The standard InChI is InChI=1S/C26H20O2S3/c1-2-31(19-15-13-18(14-16-19)30-26(28)22-10-7-17-29-22)23-11-5-3-8-20(23)25(27)21-9-4-6-12-24(21)31/h3-17H,2H2,1H3. The van der Waals surface area contributed by atoms with Gasteiger partial charge < -0.3 is 0 Å². The van der Waals surface area contributed by atoms with Crippen LogP contribution >= 0.6 is 33.1 Å². The predicted octanol–water partition coefficient (Wildman–Crippen LogP) is 7.53. The van der Waals surface area contributed by atoms with Crippen LogP contribution in [0.4, 0.5) is 0 Å². The molecule has 1 aliphatic heterocycles. The van der Waals surface area contributed by atoms with Crippen molar-refractivity contribution in [1.82, 2.24) is 0 Å². The molecule has 0 saturated carbocycles. The van der Waals surface area contributed by atoms with Crippen LogP contribution in [0.1, 0.15) is 32.5 Å². The fraction of sp³-hybridized carbons (Fsp3) is 0.0769. The molecule has 0 unspecified atom stereocenters. The molecular formula is C26H20O2S3. The van der Waals surface area contributed by atoms with Crippen LogP contribution in [0, 0.1) is 0 Å². The van der Waals surface area contributed by atoms with E-state index in [0.29, 0.717) is 0 Å². The minimum absolute atomic E-state index is 0.0688. The van der Waals surface area contributed by atoms with Crippen LogP contribution in [0.25, 0.3) is 0 Å². The second-order valence-electron chi connectivity index (χ2n) is 7.19.